The maximum absolute atomic E-state index is 13.5. The molecule has 3 rings (SSSR count). The zero-order valence-electron chi connectivity index (χ0n) is 11.3. The summed E-state index contributed by atoms with van der Waals surface area (Å²) >= 11 is 0. The molecule has 0 aliphatic heterocycles. The number of aryl methyl sites for hydroxylation is 1. The van der Waals surface area contributed by atoms with Gasteiger partial charge in [-0.25, -0.2) is 4.39 Å². The van der Waals surface area contributed by atoms with E-state index in [1.165, 1.54) is 23.3 Å². The van der Waals surface area contributed by atoms with Crippen LogP contribution in [-0.4, -0.2) is 0 Å². The standard InChI is InChI=1S/C17H18FNO/c18-14-8-12(11-19)9-15(10-14)20-17-7-3-5-13-4-1-2-6-16(13)17/h1-2,4,6,8-10,17H,3,5,7,11,19H2. The minimum Gasteiger partial charge on any atom is -0.486 e. The van der Waals surface area contributed by atoms with Crippen LogP contribution in [0, 0.1) is 5.82 Å². The van der Waals surface area contributed by atoms with Gasteiger partial charge in [0.1, 0.15) is 17.7 Å². The maximum Gasteiger partial charge on any atom is 0.127 e. The van der Waals surface area contributed by atoms with Gasteiger partial charge in [0.05, 0.1) is 0 Å². The van der Waals surface area contributed by atoms with E-state index in [9.17, 15) is 4.39 Å². The predicted octanol–water partition coefficient (Wildman–Crippen LogP) is 3.74. The van der Waals surface area contributed by atoms with E-state index >= 15 is 0 Å². The van der Waals surface area contributed by atoms with Crippen LogP contribution in [0.1, 0.15) is 35.6 Å². The van der Waals surface area contributed by atoms with Crippen LogP contribution in [0.15, 0.2) is 42.5 Å². The van der Waals surface area contributed by atoms with Gasteiger partial charge in [0.15, 0.2) is 0 Å². The number of nitrogens with two attached hydrogens (primary N) is 1. The largest absolute Gasteiger partial charge is 0.486 e. The Morgan fingerprint density at radius 2 is 2.05 bits per heavy atom. The molecule has 3 heteroatoms. The van der Waals surface area contributed by atoms with Crippen molar-refractivity contribution >= 4 is 0 Å². The van der Waals surface area contributed by atoms with Crippen LogP contribution >= 0.6 is 0 Å². The molecule has 0 heterocycles. The molecule has 2 nitrogen and oxygen atoms in total. The van der Waals surface area contributed by atoms with Crippen LogP contribution in [0.5, 0.6) is 5.75 Å². The second kappa shape index (κ2) is 5.63. The van der Waals surface area contributed by atoms with Crippen molar-refractivity contribution in [2.45, 2.75) is 31.9 Å². The molecule has 1 atom stereocenters. The Bertz CT molecular complexity index is 612. The van der Waals surface area contributed by atoms with Crippen molar-refractivity contribution in [3.05, 3.63) is 65.0 Å². The fourth-order valence-corrected chi connectivity index (χ4v) is 2.80. The number of halogens is 1. The van der Waals surface area contributed by atoms with Crippen LogP contribution in [0.2, 0.25) is 0 Å². The van der Waals surface area contributed by atoms with E-state index in [0.29, 0.717) is 12.3 Å². The molecule has 0 spiro atoms. The number of fused-ring (bicyclic) bond motifs is 1. The Morgan fingerprint density at radius 3 is 2.90 bits per heavy atom. The number of benzene rings is 2. The first kappa shape index (κ1) is 13.1. The van der Waals surface area contributed by atoms with Gasteiger partial charge in [-0.15, -0.1) is 0 Å². The van der Waals surface area contributed by atoms with Gasteiger partial charge in [-0.05, 0) is 48.1 Å². The summed E-state index contributed by atoms with van der Waals surface area (Å²) in [7, 11) is 0. The Labute approximate surface area is 118 Å². The van der Waals surface area contributed by atoms with Crippen molar-refractivity contribution in [2.24, 2.45) is 5.73 Å². The normalized spacial score (nSPS) is 17.6. The molecular formula is C17H18FNO. The van der Waals surface area contributed by atoms with Gasteiger partial charge in [0.2, 0.25) is 0 Å². The molecule has 0 bridgehead atoms. The van der Waals surface area contributed by atoms with Gasteiger partial charge < -0.3 is 10.5 Å². The van der Waals surface area contributed by atoms with Crippen LogP contribution in [0.25, 0.3) is 0 Å². The SMILES string of the molecule is NCc1cc(F)cc(OC2CCCc3ccccc32)c1. The Kier molecular flexibility index (Phi) is 3.70. The number of hydrogen-bond acceptors (Lipinski definition) is 2. The lowest BCUT2D eigenvalue weighted by atomic mass is 9.89. The number of hydrogen-bond donors (Lipinski definition) is 1. The summed E-state index contributed by atoms with van der Waals surface area (Å²) in [5.74, 6) is 0.263. The third-order valence-electron chi connectivity index (χ3n) is 3.76. The molecule has 0 radical (unpaired) electrons. The lowest BCUT2D eigenvalue weighted by Crippen LogP contribution is -2.15. The quantitative estimate of drug-likeness (QED) is 0.923. The third kappa shape index (κ3) is 2.68. The molecule has 104 valence electrons. The molecular weight excluding hydrogens is 253 g/mol. The summed E-state index contributed by atoms with van der Waals surface area (Å²) in [6.45, 7) is 0.315. The molecule has 2 N–H and O–H groups in total. The second-order valence-corrected chi connectivity index (χ2v) is 5.20. The van der Waals surface area contributed by atoms with Gasteiger partial charge in [0, 0.05) is 12.6 Å². The first-order valence-corrected chi connectivity index (χ1v) is 7.00. The summed E-state index contributed by atoms with van der Waals surface area (Å²) in [4.78, 5) is 0. The topological polar surface area (TPSA) is 35.2 Å². The zero-order valence-corrected chi connectivity index (χ0v) is 11.3. The third-order valence-corrected chi connectivity index (χ3v) is 3.76. The fourth-order valence-electron chi connectivity index (χ4n) is 2.80. The minimum absolute atomic E-state index is 0.00683. The highest BCUT2D eigenvalue weighted by Gasteiger charge is 2.21. The molecule has 2 aromatic rings. The van der Waals surface area contributed by atoms with Crippen molar-refractivity contribution < 1.29 is 9.13 Å². The van der Waals surface area contributed by atoms with Crippen molar-refractivity contribution in [1.29, 1.82) is 0 Å². The monoisotopic (exact) mass is 271 g/mol. The van der Waals surface area contributed by atoms with Gasteiger partial charge in [0.25, 0.3) is 0 Å². The maximum atomic E-state index is 13.5. The van der Waals surface area contributed by atoms with Crippen molar-refractivity contribution in [3.8, 4) is 5.75 Å². The molecule has 0 amide bonds. The molecule has 0 fully saturated rings. The molecule has 1 aliphatic carbocycles. The highest BCUT2D eigenvalue weighted by molar-refractivity contribution is 5.34. The second-order valence-electron chi connectivity index (χ2n) is 5.20. The van der Waals surface area contributed by atoms with Crippen molar-refractivity contribution in [1.82, 2.24) is 0 Å². The smallest absolute Gasteiger partial charge is 0.127 e. The van der Waals surface area contributed by atoms with Crippen LogP contribution in [0.4, 0.5) is 4.39 Å². The Morgan fingerprint density at radius 1 is 1.20 bits per heavy atom. The van der Waals surface area contributed by atoms with E-state index in [2.05, 4.69) is 18.2 Å². The fraction of sp³-hybridized carbons (Fsp3) is 0.294. The first-order valence-electron chi connectivity index (χ1n) is 7.00. The minimum atomic E-state index is -0.299. The highest BCUT2D eigenvalue weighted by atomic mass is 19.1. The lowest BCUT2D eigenvalue weighted by molar-refractivity contribution is 0.182. The van der Waals surface area contributed by atoms with E-state index in [1.807, 2.05) is 12.1 Å². The van der Waals surface area contributed by atoms with Gasteiger partial charge in [-0.3, -0.25) is 0 Å². The molecule has 0 aromatic heterocycles. The van der Waals surface area contributed by atoms with Gasteiger partial charge in [-0.1, -0.05) is 24.3 Å². The van der Waals surface area contributed by atoms with Crippen molar-refractivity contribution in [2.75, 3.05) is 0 Å². The number of rotatable bonds is 3. The van der Waals surface area contributed by atoms with Crippen LogP contribution in [0.3, 0.4) is 0 Å². The molecule has 20 heavy (non-hydrogen) atoms. The highest BCUT2D eigenvalue weighted by Crippen LogP contribution is 2.33. The molecule has 0 saturated heterocycles. The summed E-state index contributed by atoms with van der Waals surface area (Å²) in [5.41, 5.74) is 8.88. The first-order chi connectivity index (χ1) is 9.76. The zero-order chi connectivity index (χ0) is 13.9. The molecule has 0 saturated carbocycles. The Balaban J connectivity index is 1.87. The molecule has 2 aromatic carbocycles. The van der Waals surface area contributed by atoms with E-state index in [0.717, 1.165) is 24.8 Å². The summed E-state index contributed by atoms with van der Waals surface area (Å²) in [5, 5.41) is 0. The van der Waals surface area contributed by atoms with E-state index < -0.39 is 0 Å². The van der Waals surface area contributed by atoms with E-state index in [1.54, 1.807) is 0 Å². The molecule has 1 unspecified atom stereocenters. The predicted molar refractivity (Wildman–Crippen MR) is 77.0 cm³/mol. The Hall–Kier alpha value is -1.87. The molecule has 1 aliphatic rings. The van der Waals surface area contributed by atoms with Gasteiger partial charge in [-0.2, -0.15) is 0 Å². The van der Waals surface area contributed by atoms with Gasteiger partial charge >= 0.3 is 0 Å². The average Bonchev–Trinajstić information content (AvgIpc) is 2.47. The number of ether oxygens (including phenoxy) is 1. The summed E-state index contributed by atoms with van der Waals surface area (Å²) in [6.07, 6.45) is 3.16. The van der Waals surface area contributed by atoms with Crippen molar-refractivity contribution in [3.63, 3.8) is 0 Å². The average molecular weight is 271 g/mol. The van der Waals surface area contributed by atoms with E-state index in [-0.39, 0.29) is 11.9 Å². The van der Waals surface area contributed by atoms with E-state index in [4.69, 9.17) is 10.5 Å². The van der Waals surface area contributed by atoms with Crippen LogP contribution in [-0.2, 0) is 13.0 Å². The van der Waals surface area contributed by atoms with Crippen LogP contribution < -0.4 is 10.5 Å². The summed E-state index contributed by atoms with van der Waals surface area (Å²) in [6, 6.07) is 13.0. The lowest BCUT2D eigenvalue weighted by Gasteiger charge is -2.26. The summed E-state index contributed by atoms with van der Waals surface area (Å²) < 4.78 is 19.5.